The number of nitrogens with zero attached hydrogens (tertiary/aromatic N) is 2. The molecule has 0 fully saturated rings. The van der Waals surface area contributed by atoms with E-state index in [0.717, 1.165) is 21.4 Å². The van der Waals surface area contributed by atoms with Gasteiger partial charge >= 0.3 is 0 Å². The van der Waals surface area contributed by atoms with E-state index in [1.165, 1.54) is 46.5 Å². The first-order valence-corrected chi connectivity index (χ1v) is 8.45. The molecule has 0 heterocycles. The molecule has 8 nitrogen and oxygen atoms in total. The molecule has 2 rings (SSSR count). The highest BCUT2D eigenvalue weighted by Crippen LogP contribution is 2.24. The van der Waals surface area contributed by atoms with Gasteiger partial charge in [0.2, 0.25) is 0 Å². The third-order valence-corrected chi connectivity index (χ3v) is 4.13. The highest BCUT2D eigenvalue weighted by molar-refractivity contribution is 5.99. The molecule has 2 aromatic carbocycles. The molecule has 2 amide bonds. The Kier molecular flexibility index (Phi) is 7.36. The van der Waals surface area contributed by atoms with Gasteiger partial charge in [-0.2, -0.15) is 0 Å². The van der Waals surface area contributed by atoms with Crippen LogP contribution in [-0.2, 0) is 16.3 Å². The fourth-order valence-electron chi connectivity index (χ4n) is 2.35. The van der Waals surface area contributed by atoms with Crippen LogP contribution in [0.25, 0.3) is 0 Å². The maximum Gasteiger partial charge on any atom is 0.280 e. The van der Waals surface area contributed by atoms with E-state index in [4.69, 9.17) is 19.1 Å². The molecule has 0 N–H and O–H groups in total. The van der Waals surface area contributed by atoms with Gasteiger partial charge in [0.15, 0.2) is 0 Å². The molecular weight excluding hydrogens is 364 g/mol. The Balaban J connectivity index is 2.32. The second-order valence-corrected chi connectivity index (χ2v) is 5.82. The van der Waals surface area contributed by atoms with E-state index in [2.05, 4.69) is 0 Å². The lowest BCUT2D eigenvalue weighted by atomic mass is 10.1. The van der Waals surface area contributed by atoms with Crippen molar-refractivity contribution in [2.75, 3.05) is 35.4 Å². The van der Waals surface area contributed by atoms with Crippen molar-refractivity contribution >= 4 is 11.8 Å². The number of hydroxylamine groups is 4. The number of carbonyl (C=O) groups is 2. The molecule has 0 aliphatic carbocycles. The van der Waals surface area contributed by atoms with Crippen molar-refractivity contribution in [1.29, 1.82) is 0 Å². The Morgan fingerprint density at radius 2 is 1.46 bits per heavy atom. The summed E-state index contributed by atoms with van der Waals surface area (Å²) < 4.78 is 11.0. The van der Waals surface area contributed by atoms with Gasteiger partial charge in [-0.25, -0.2) is 10.1 Å². The van der Waals surface area contributed by atoms with E-state index in [1.54, 1.807) is 7.11 Å². The maximum atomic E-state index is 12.5. The van der Waals surface area contributed by atoms with Crippen molar-refractivity contribution in [3.63, 3.8) is 0 Å². The van der Waals surface area contributed by atoms with Gasteiger partial charge in [0, 0.05) is 19.7 Å². The summed E-state index contributed by atoms with van der Waals surface area (Å²) in [6.07, 6.45) is 0. The number of hydrogen-bond acceptors (Lipinski definition) is 6. The molecule has 2 aromatic rings. The molecule has 0 bridgehead atoms. The zero-order chi connectivity index (χ0) is 20.7. The van der Waals surface area contributed by atoms with Gasteiger partial charge in [0.1, 0.15) is 18.1 Å². The topological polar surface area (TPSA) is 77.5 Å². The lowest BCUT2D eigenvalue weighted by Crippen LogP contribution is -2.27. The van der Waals surface area contributed by atoms with Crippen LogP contribution in [0.2, 0.25) is 0 Å². The molecule has 0 spiro atoms. The SMILES string of the molecule is COc1ccc(COc2cc(C(=O)N(C)OC)ccc2C(=O)N(C)OC)cc1. The Bertz CT molecular complexity index is 822. The van der Waals surface area contributed by atoms with Crippen molar-refractivity contribution in [3.05, 3.63) is 59.2 Å². The summed E-state index contributed by atoms with van der Waals surface area (Å²) in [5.41, 5.74) is 1.48. The number of hydrogen-bond donors (Lipinski definition) is 0. The third kappa shape index (κ3) is 4.99. The summed E-state index contributed by atoms with van der Waals surface area (Å²) >= 11 is 0. The van der Waals surface area contributed by atoms with Crippen molar-refractivity contribution in [3.8, 4) is 11.5 Å². The Labute approximate surface area is 164 Å². The van der Waals surface area contributed by atoms with Gasteiger partial charge in [0.25, 0.3) is 11.8 Å². The molecule has 0 atom stereocenters. The van der Waals surface area contributed by atoms with Gasteiger partial charge in [-0.15, -0.1) is 0 Å². The molecule has 0 unspecified atom stereocenters. The summed E-state index contributed by atoms with van der Waals surface area (Å²) in [7, 11) is 7.37. The van der Waals surface area contributed by atoms with Gasteiger partial charge in [-0.05, 0) is 35.9 Å². The van der Waals surface area contributed by atoms with E-state index in [0.29, 0.717) is 5.56 Å². The van der Waals surface area contributed by atoms with Crippen molar-refractivity contribution in [2.45, 2.75) is 6.61 Å². The Morgan fingerprint density at radius 3 is 2.04 bits per heavy atom. The number of amides is 2. The van der Waals surface area contributed by atoms with Crippen molar-refractivity contribution in [2.24, 2.45) is 0 Å². The normalized spacial score (nSPS) is 10.3. The summed E-state index contributed by atoms with van der Waals surface area (Å²) in [6, 6.07) is 11.9. The highest BCUT2D eigenvalue weighted by atomic mass is 16.7. The minimum Gasteiger partial charge on any atom is -0.497 e. The van der Waals surface area contributed by atoms with E-state index in [9.17, 15) is 9.59 Å². The minimum atomic E-state index is -0.397. The van der Waals surface area contributed by atoms with Crippen LogP contribution in [0, 0.1) is 0 Å². The maximum absolute atomic E-state index is 12.5. The average molecular weight is 388 g/mol. The first kappa shape index (κ1) is 21.2. The van der Waals surface area contributed by atoms with Crippen LogP contribution >= 0.6 is 0 Å². The number of ether oxygens (including phenoxy) is 2. The van der Waals surface area contributed by atoms with Crippen LogP contribution < -0.4 is 9.47 Å². The quantitative estimate of drug-likeness (QED) is 0.647. The molecule has 0 aliphatic heterocycles. The predicted octanol–water partition coefficient (Wildman–Crippen LogP) is 2.54. The predicted molar refractivity (Wildman–Crippen MR) is 102 cm³/mol. The van der Waals surface area contributed by atoms with Crippen LogP contribution in [0.1, 0.15) is 26.3 Å². The molecular formula is C20H24N2O6. The van der Waals surface area contributed by atoms with Crippen LogP contribution in [-0.4, -0.2) is 57.4 Å². The number of carbonyl (C=O) groups excluding carboxylic acids is 2. The molecule has 0 radical (unpaired) electrons. The molecule has 0 saturated carbocycles. The van der Waals surface area contributed by atoms with Crippen LogP contribution in [0.5, 0.6) is 11.5 Å². The summed E-state index contributed by atoms with van der Waals surface area (Å²) in [5, 5.41) is 2.17. The molecule has 0 aliphatic rings. The number of benzene rings is 2. The smallest absolute Gasteiger partial charge is 0.280 e. The second-order valence-electron chi connectivity index (χ2n) is 5.82. The molecule has 150 valence electrons. The fourth-order valence-corrected chi connectivity index (χ4v) is 2.35. The van der Waals surface area contributed by atoms with E-state index < -0.39 is 5.91 Å². The first-order chi connectivity index (χ1) is 13.4. The zero-order valence-corrected chi connectivity index (χ0v) is 16.6. The van der Waals surface area contributed by atoms with Gasteiger partial charge < -0.3 is 9.47 Å². The van der Waals surface area contributed by atoms with Crippen molar-refractivity contribution in [1.82, 2.24) is 10.1 Å². The second kappa shape index (κ2) is 9.72. The molecule has 8 heteroatoms. The first-order valence-electron chi connectivity index (χ1n) is 8.45. The van der Waals surface area contributed by atoms with Gasteiger partial charge in [0.05, 0.1) is 26.9 Å². The Morgan fingerprint density at radius 1 is 0.857 bits per heavy atom. The summed E-state index contributed by atoms with van der Waals surface area (Å²) in [4.78, 5) is 34.8. The van der Waals surface area contributed by atoms with E-state index >= 15 is 0 Å². The van der Waals surface area contributed by atoms with Crippen LogP contribution in [0.4, 0.5) is 0 Å². The van der Waals surface area contributed by atoms with Crippen LogP contribution in [0.3, 0.4) is 0 Å². The fraction of sp³-hybridized carbons (Fsp3) is 0.300. The third-order valence-electron chi connectivity index (χ3n) is 4.13. The monoisotopic (exact) mass is 388 g/mol. The number of rotatable bonds is 8. The largest absolute Gasteiger partial charge is 0.497 e. The lowest BCUT2D eigenvalue weighted by molar-refractivity contribution is -0.0761. The highest BCUT2D eigenvalue weighted by Gasteiger charge is 2.20. The van der Waals surface area contributed by atoms with E-state index in [-0.39, 0.29) is 23.8 Å². The van der Waals surface area contributed by atoms with Gasteiger partial charge in [-0.1, -0.05) is 12.1 Å². The Hall–Kier alpha value is -3.10. The van der Waals surface area contributed by atoms with Crippen LogP contribution in [0.15, 0.2) is 42.5 Å². The molecule has 0 aromatic heterocycles. The standard InChI is InChI=1S/C20H24N2O6/c1-21(26-4)19(23)15-8-11-17(20(24)22(2)27-5)18(12-15)28-13-14-6-9-16(25-3)10-7-14/h6-12H,13H2,1-5H3. The molecule has 28 heavy (non-hydrogen) atoms. The lowest BCUT2D eigenvalue weighted by Gasteiger charge is -2.19. The summed E-state index contributed by atoms with van der Waals surface area (Å²) in [6.45, 7) is 0.207. The molecule has 0 saturated heterocycles. The average Bonchev–Trinajstić information content (AvgIpc) is 2.75. The zero-order valence-electron chi connectivity index (χ0n) is 16.6. The van der Waals surface area contributed by atoms with E-state index in [1.807, 2.05) is 24.3 Å². The summed E-state index contributed by atoms with van der Waals surface area (Å²) in [5.74, 6) is 0.235. The van der Waals surface area contributed by atoms with Gasteiger partial charge in [-0.3, -0.25) is 19.3 Å². The number of methoxy groups -OCH3 is 1. The van der Waals surface area contributed by atoms with Crippen molar-refractivity contribution < 1.29 is 28.7 Å². The minimum absolute atomic E-state index is 0.207.